The lowest BCUT2D eigenvalue weighted by Gasteiger charge is -2.20. The maximum absolute atomic E-state index is 12.4. The fraction of sp³-hybridized carbons (Fsp3) is 0.421. The van der Waals surface area contributed by atoms with E-state index in [1.54, 1.807) is 23.6 Å². The number of esters is 1. The molecule has 2 heterocycles. The molecule has 1 atom stereocenters. The average molecular weight is 376 g/mol. The molecular formula is C19H24N2O4S. The highest BCUT2D eigenvalue weighted by Crippen LogP contribution is 2.15. The van der Waals surface area contributed by atoms with E-state index in [-0.39, 0.29) is 24.2 Å². The fourth-order valence-corrected chi connectivity index (χ4v) is 3.19. The van der Waals surface area contributed by atoms with Crippen LogP contribution < -0.4 is 5.32 Å². The van der Waals surface area contributed by atoms with Gasteiger partial charge in [0.25, 0.3) is 5.91 Å². The van der Waals surface area contributed by atoms with Gasteiger partial charge in [0.15, 0.2) is 6.61 Å². The minimum absolute atomic E-state index is 0.165. The van der Waals surface area contributed by atoms with Crippen molar-refractivity contribution in [3.8, 4) is 0 Å². The van der Waals surface area contributed by atoms with Crippen molar-refractivity contribution < 1.29 is 19.1 Å². The average Bonchev–Trinajstić information content (AvgIpc) is 3.21. The summed E-state index contributed by atoms with van der Waals surface area (Å²) >= 11 is 1.30. The smallest absolute Gasteiger partial charge is 0.329 e. The van der Waals surface area contributed by atoms with E-state index >= 15 is 0 Å². The molecule has 0 spiro atoms. The lowest BCUT2D eigenvalue weighted by molar-refractivity contribution is -0.145. The molecule has 7 heteroatoms. The highest BCUT2D eigenvalue weighted by molar-refractivity contribution is 7.12. The van der Waals surface area contributed by atoms with Gasteiger partial charge in [-0.2, -0.15) is 0 Å². The molecule has 0 saturated heterocycles. The van der Waals surface area contributed by atoms with Crippen LogP contribution in [0.25, 0.3) is 0 Å². The Morgan fingerprint density at radius 1 is 1.27 bits per heavy atom. The monoisotopic (exact) mass is 376 g/mol. The van der Waals surface area contributed by atoms with E-state index in [1.165, 1.54) is 11.3 Å². The van der Waals surface area contributed by atoms with E-state index < -0.39 is 12.0 Å². The van der Waals surface area contributed by atoms with Gasteiger partial charge in [0.1, 0.15) is 6.04 Å². The van der Waals surface area contributed by atoms with Gasteiger partial charge >= 0.3 is 5.97 Å². The molecule has 6 nitrogen and oxygen atoms in total. The number of nitrogens with zero attached hydrogens (tertiary/aromatic N) is 1. The van der Waals surface area contributed by atoms with Crippen molar-refractivity contribution >= 4 is 29.0 Å². The first-order valence-corrected chi connectivity index (χ1v) is 9.27. The Kier molecular flexibility index (Phi) is 6.37. The van der Waals surface area contributed by atoms with Crippen LogP contribution in [0, 0.1) is 19.8 Å². The molecular weight excluding hydrogens is 352 g/mol. The normalized spacial score (nSPS) is 12.1. The lowest BCUT2D eigenvalue weighted by Crippen LogP contribution is -2.45. The van der Waals surface area contributed by atoms with Crippen LogP contribution in [0.5, 0.6) is 0 Å². The van der Waals surface area contributed by atoms with Gasteiger partial charge in [-0.3, -0.25) is 9.59 Å². The molecule has 0 aromatic carbocycles. The number of Topliss-reactive ketones (excluding diaryl/α,β-unsaturated/α-hetero) is 1. The minimum atomic E-state index is -0.809. The lowest BCUT2D eigenvalue weighted by atomic mass is 10.0. The largest absolute Gasteiger partial charge is 0.456 e. The van der Waals surface area contributed by atoms with E-state index in [2.05, 4.69) is 5.32 Å². The number of thiophene rings is 1. The van der Waals surface area contributed by atoms with Crippen LogP contribution in [-0.2, 0) is 16.6 Å². The Balaban J connectivity index is 2.00. The number of ether oxygens (including phenoxy) is 1. The molecule has 1 N–H and O–H groups in total. The summed E-state index contributed by atoms with van der Waals surface area (Å²) in [5.41, 5.74) is 2.33. The van der Waals surface area contributed by atoms with Crippen molar-refractivity contribution in [2.45, 2.75) is 33.7 Å². The van der Waals surface area contributed by atoms with E-state index in [4.69, 9.17) is 4.74 Å². The molecule has 0 bridgehead atoms. The van der Waals surface area contributed by atoms with E-state index in [1.807, 2.05) is 39.3 Å². The molecule has 0 saturated carbocycles. The van der Waals surface area contributed by atoms with Crippen LogP contribution in [0.4, 0.5) is 0 Å². The van der Waals surface area contributed by atoms with Gasteiger partial charge in [0.2, 0.25) is 5.78 Å². The zero-order valence-corrected chi connectivity index (χ0v) is 16.5. The predicted octanol–water partition coefficient (Wildman–Crippen LogP) is 2.88. The maximum atomic E-state index is 12.4. The molecule has 0 aliphatic rings. The highest BCUT2D eigenvalue weighted by atomic mass is 32.1. The number of hydrogen-bond donors (Lipinski definition) is 1. The zero-order valence-electron chi connectivity index (χ0n) is 15.7. The molecule has 0 radical (unpaired) electrons. The maximum Gasteiger partial charge on any atom is 0.329 e. The zero-order chi connectivity index (χ0) is 19.4. The first-order chi connectivity index (χ1) is 12.2. The first-order valence-electron chi connectivity index (χ1n) is 8.39. The predicted molar refractivity (Wildman–Crippen MR) is 101 cm³/mol. The molecule has 0 aliphatic heterocycles. The van der Waals surface area contributed by atoms with Crippen molar-refractivity contribution in [2.24, 2.45) is 13.0 Å². The Hall–Kier alpha value is -2.41. The van der Waals surface area contributed by atoms with E-state index in [0.717, 1.165) is 11.4 Å². The second-order valence-corrected chi connectivity index (χ2v) is 7.49. The van der Waals surface area contributed by atoms with E-state index in [0.29, 0.717) is 10.4 Å². The number of hydrogen-bond acceptors (Lipinski definition) is 5. The molecule has 2 aromatic heterocycles. The second-order valence-electron chi connectivity index (χ2n) is 6.55. The highest BCUT2D eigenvalue weighted by Gasteiger charge is 2.27. The van der Waals surface area contributed by atoms with Gasteiger partial charge in [-0.25, -0.2) is 4.79 Å². The van der Waals surface area contributed by atoms with Crippen molar-refractivity contribution in [1.82, 2.24) is 9.88 Å². The van der Waals surface area contributed by atoms with Crippen LogP contribution in [-0.4, -0.2) is 34.9 Å². The summed E-state index contributed by atoms with van der Waals surface area (Å²) in [7, 11) is 1.88. The van der Waals surface area contributed by atoms with Crippen LogP contribution in [0.3, 0.4) is 0 Å². The number of aromatic nitrogens is 1. The number of rotatable bonds is 7. The number of carbonyl (C=O) groups is 3. The Labute approximate surface area is 157 Å². The van der Waals surface area contributed by atoms with Crippen molar-refractivity contribution in [2.75, 3.05) is 6.61 Å². The number of carbonyl (C=O) groups excluding carboxylic acids is 3. The van der Waals surface area contributed by atoms with Crippen molar-refractivity contribution in [3.05, 3.63) is 45.4 Å². The molecule has 26 heavy (non-hydrogen) atoms. The quantitative estimate of drug-likeness (QED) is 0.595. The topological polar surface area (TPSA) is 77.4 Å². The first kappa shape index (κ1) is 19.9. The van der Waals surface area contributed by atoms with Crippen molar-refractivity contribution in [3.63, 3.8) is 0 Å². The Morgan fingerprint density at radius 2 is 1.96 bits per heavy atom. The fourth-order valence-electron chi connectivity index (χ4n) is 2.56. The summed E-state index contributed by atoms with van der Waals surface area (Å²) in [5.74, 6) is -1.35. The SMILES string of the molecule is Cc1cc(C(=O)COC(=O)[C@@H](NC(=O)c2cccs2)C(C)C)c(C)n1C. The van der Waals surface area contributed by atoms with Gasteiger partial charge in [-0.05, 0) is 37.3 Å². The summed E-state index contributed by atoms with van der Waals surface area (Å²) in [4.78, 5) is 37.5. The third-order valence-electron chi connectivity index (χ3n) is 4.37. The van der Waals surface area contributed by atoms with Gasteiger partial charge in [-0.15, -0.1) is 11.3 Å². The third-order valence-corrected chi connectivity index (χ3v) is 5.24. The molecule has 1 amide bonds. The van der Waals surface area contributed by atoms with Crippen LogP contribution in [0.15, 0.2) is 23.6 Å². The third kappa shape index (κ3) is 4.40. The van der Waals surface area contributed by atoms with Crippen LogP contribution in [0.1, 0.15) is 45.3 Å². The standard InChI is InChI=1S/C19H24N2O4S/c1-11(2)17(20-18(23)16-7-6-8-26-16)19(24)25-10-15(22)14-9-12(3)21(5)13(14)4/h6-9,11,17H,10H2,1-5H3,(H,20,23)/t17-/m0/s1. The molecule has 0 unspecified atom stereocenters. The Bertz CT molecular complexity index is 806. The second kappa shape index (κ2) is 8.31. The number of aryl methyl sites for hydroxylation is 1. The summed E-state index contributed by atoms with van der Waals surface area (Å²) in [6.45, 7) is 7.03. The Morgan fingerprint density at radius 3 is 2.46 bits per heavy atom. The number of ketones is 1. The van der Waals surface area contributed by atoms with E-state index in [9.17, 15) is 14.4 Å². The molecule has 2 rings (SSSR count). The van der Waals surface area contributed by atoms with Gasteiger partial charge in [0, 0.05) is 24.0 Å². The van der Waals surface area contributed by atoms with Crippen molar-refractivity contribution in [1.29, 1.82) is 0 Å². The summed E-state index contributed by atoms with van der Waals surface area (Å²) in [6.07, 6.45) is 0. The molecule has 140 valence electrons. The number of nitrogens with one attached hydrogen (secondary N) is 1. The summed E-state index contributed by atoms with van der Waals surface area (Å²) in [6, 6.07) is 4.43. The van der Waals surface area contributed by atoms with Gasteiger partial charge in [0.05, 0.1) is 4.88 Å². The summed E-state index contributed by atoms with van der Waals surface area (Å²) in [5, 5.41) is 4.48. The molecule has 2 aromatic rings. The van der Waals surface area contributed by atoms with Crippen LogP contribution >= 0.6 is 11.3 Å². The van der Waals surface area contributed by atoms with Crippen LogP contribution in [0.2, 0.25) is 0 Å². The minimum Gasteiger partial charge on any atom is -0.456 e. The molecule has 0 fully saturated rings. The molecule has 0 aliphatic carbocycles. The van der Waals surface area contributed by atoms with Gasteiger partial charge < -0.3 is 14.6 Å². The summed E-state index contributed by atoms with van der Waals surface area (Å²) < 4.78 is 7.10. The number of amides is 1. The van der Waals surface area contributed by atoms with Gasteiger partial charge in [-0.1, -0.05) is 19.9 Å².